The molecule has 3 nitrogen and oxygen atoms in total. The Balaban J connectivity index is 2.08. The topological polar surface area (TPSA) is 47.3 Å². The van der Waals surface area contributed by atoms with Crippen LogP contribution >= 0.6 is 22.9 Å². The first-order valence-corrected chi connectivity index (χ1v) is 6.30. The van der Waals surface area contributed by atoms with Gasteiger partial charge in [0.2, 0.25) is 0 Å². The third kappa shape index (κ3) is 2.71. The van der Waals surface area contributed by atoms with E-state index < -0.39 is 0 Å². The third-order valence-electron chi connectivity index (χ3n) is 2.75. The Kier molecular flexibility index (Phi) is 3.99. The molecule has 0 aromatic carbocycles. The van der Waals surface area contributed by atoms with Gasteiger partial charge in [0.15, 0.2) is 0 Å². The summed E-state index contributed by atoms with van der Waals surface area (Å²) in [6.07, 6.45) is 2.27. The van der Waals surface area contributed by atoms with Crippen LogP contribution in [0.25, 0.3) is 0 Å². The molecular weight excluding hydrogens is 232 g/mol. The van der Waals surface area contributed by atoms with Crippen LogP contribution < -0.4 is 11.3 Å². The van der Waals surface area contributed by atoms with E-state index in [1.54, 1.807) is 11.3 Å². The molecule has 2 rings (SSSR count). The average Bonchev–Trinajstić information content (AvgIpc) is 2.68. The van der Waals surface area contributed by atoms with Gasteiger partial charge in [0.25, 0.3) is 0 Å². The van der Waals surface area contributed by atoms with Gasteiger partial charge < -0.3 is 4.74 Å². The summed E-state index contributed by atoms with van der Waals surface area (Å²) in [5.41, 5.74) is 2.87. The summed E-state index contributed by atoms with van der Waals surface area (Å²) in [6, 6.07) is 4.12. The number of nitrogens with two attached hydrogens (primary N) is 1. The monoisotopic (exact) mass is 246 g/mol. The van der Waals surface area contributed by atoms with Crippen LogP contribution in [0.3, 0.4) is 0 Å². The summed E-state index contributed by atoms with van der Waals surface area (Å²) >= 11 is 7.50. The highest BCUT2D eigenvalue weighted by Gasteiger charge is 2.25. The molecule has 84 valence electrons. The first-order chi connectivity index (χ1) is 7.31. The molecule has 1 aromatic heterocycles. The highest BCUT2D eigenvalue weighted by molar-refractivity contribution is 7.16. The van der Waals surface area contributed by atoms with Crippen molar-refractivity contribution in [2.45, 2.75) is 18.9 Å². The molecule has 5 heteroatoms. The lowest BCUT2D eigenvalue weighted by atomic mass is 9.93. The number of hydrogen-bond donors (Lipinski definition) is 2. The third-order valence-corrected chi connectivity index (χ3v) is 4.06. The zero-order valence-electron chi connectivity index (χ0n) is 8.41. The van der Waals surface area contributed by atoms with Gasteiger partial charge in [-0.05, 0) is 25.0 Å². The summed E-state index contributed by atoms with van der Waals surface area (Å²) in [5.74, 6) is 6.06. The maximum Gasteiger partial charge on any atom is 0.0931 e. The largest absolute Gasteiger partial charge is 0.381 e. The van der Waals surface area contributed by atoms with E-state index in [-0.39, 0.29) is 6.04 Å². The van der Waals surface area contributed by atoms with E-state index in [0.29, 0.717) is 5.92 Å². The Morgan fingerprint density at radius 2 is 2.47 bits per heavy atom. The summed E-state index contributed by atoms with van der Waals surface area (Å²) in [4.78, 5) is 1.19. The lowest BCUT2D eigenvalue weighted by Crippen LogP contribution is -2.36. The lowest BCUT2D eigenvalue weighted by Gasteiger charge is -2.28. The van der Waals surface area contributed by atoms with Crippen molar-refractivity contribution in [2.75, 3.05) is 13.2 Å². The zero-order valence-corrected chi connectivity index (χ0v) is 9.98. The molecule has 2 atom stereocenters. The van der Waals surface area contributed by atoms with Crippen molar-refractivity contribution in [2.24, 2.45) is 11.8 Å². The minimum absolute atomic E-state index is 0.169. The van der Waals surface area contributed by atoms with Gasteiger partial charge in [-0.25, -0.2) is 0 Å². The molecule has 15 heavy (non-hydrogen) atoms. The van der Waals surface area contributed by atoms with Crippen LogP contribution in [-0.4, -0.2) is 13.2 Å². The smallest absolute Gasteiger partial charge is 0.0931 e. The summed E-state index contributed by atoms with van der Waals surface area (Å²) < 4.78 is 6.28. The average molecular weight is 247 g/mol. The van der Waals surface area contributed by atoms with Gasteiger partial charge in [-0.15, -0.1) is 11.3 Å². The number of thiophene rings is 1. The molecular formula is C10H15ClN2OS. The first kappa shape index (κ1) is 11.4. The minimum Gasteiger partial charge on any atom is -0.381 e. The van der Waals surface area contributed by atoms with Crippen molar-refractivity contribution in [3.63, 3.8) is 0 Å². The van der Waals surface area contributed by atoms with E-state index >= 15 is 0 Å². The quantitative estimate of drug-likeness (QED) is 0.636. The molecule has 0 spiro atoms. The van der Waals surface area contributed by atoms with Crippen LogP contribution in [0, 0.1) is 5.92 Å². The number of hydrazine groups is 1. The molecule has 0 amide bonds. The Bertz CT molecular complexity index is 312. The second kappa shape index (κ2) is 5.27. The molecule has 0 aliphatic carbocycles. The van der Waals surface area contributed by atoms with Crippen molar-refractivity contribution >= 4 is 22.9 Å². The van der Waals surface area contributed by atoms with Gasteiger partial charge in [-0.1, -0.05) is 11.6 Å². The van der Waals surface area contributed by atoms with E-state index in [1.165, 1.54) is 4.88 Å². The zero-order chi connectivity index (χ0) is 10.7. The van der Waals surface area contributed by atoms with Crippen molar-refractivity contribution in [3.05, 3.63) is 21.3 Å². The van der Waals surface area contributed by atoms with Crippen molar-refractivity contribution in [1.82, 2.24) is 5.43 Å². The fourth-order valence-electron chi connectivity index (χ4n) is 1.97. The fraction of sp³-hybridized carbons (Fsp3) is 0.600. The lowest BCUT2D eigenvalue weighted by molar-refractivity contribution is 0.0395. The molecule has 0 bridgehead atoms. The maximum atomic E-state index is 5.92. The Hall–Kier alpha value is -0.130. The normalized spacial score (nSPS) is 24.0. The van der Waals surface area contributed by atoms with Gasteiger partial charge >= 0.3 is 0 Å². The molecule has 1 aromatic rings. The molecule has 3 N–H and O–H groups in total. The maximum absolute atomic E-state index is 5.92. The number of rotatable bonds is 3. The van der Waals surface area contributed by atoms with Crippen LogP contribution in [-0.2, 0) is 4.74 Å². The molecule has 2 unspecified atom stereocenters. The van der Waals surface area contributed by atoms with Gasteiger partial charge in [0.1, 0.15) is 0 Å². The number of ether oxygens (including phenoxy) is 1. The predicted octanol–water partition coefficient (Wildman–Crippen LogP) is 2.33. The van der Waals surface area contributed by atoms with Crippen molar-refractivity contribution < 1.29 is 4.74 Å². The molecule has 1 aliphatic rings. The second-order valence-electron chi connectivity index (χ2n) is 3.76. The Morgan fingerprint density at radius 1 is 1.60 bits per heavy atom. The second-order valence-corrected chi connectivity index (χ2v) is 5.51. The van der Waals surface area contributed by atoms with Gasteiger partial charge in [0, 0.05) is 17.4 Å². The van der Waals surface area contributed by atoms with Crippen LogP contribution in [0.4, 0.5) is 0 Å². The Morgan fingerprint density at radius 3 is 3.00 bits per heavy atom. The van der Waals surface area contributed by atoms with Gasteiger partial charge in [-0.2, -0.15) is 0 Å². The summed E-state index contributed by atoms with van der Waals surface area (Å²) in [5, 5.41) is 0. The molecule has 2 heterocycles. The molecule has 0 radical (unpaired) electrons. The number of halogens is 1. The van der Waals surface area contributed by atoms with E-state index in [4.69, 9.17) is 22.2 Å². The van der Waals surface area contributed by atoms with Crippen LogP contribution in [0.1, 0.15) is 23.8 Å². The van der Waals surface area contributed by atoms with Crippen LogP contribution in [0.15, 0.2) is 12.1 Å². The van der Waals surface area contributed by atoms with Crippen molar-refractivity contribution in [1.29, 1.82) is 0 Å². The van der Waals surface area contributed by atoms with E-state index in [1.807, 2.05) is 12.1 Å². The SMILES string of the molecule is NNC(c1ccc(Cl)s1)C1CCCOC1. The minimum atomic E-state index is 0.169. The van der Waals surface area contributed by atoms with Crippen LogP contribution in [0.2, 0.25) is 4.34 Å². The highest BCUT2D eigenvalue weighted by Crippen LogP contribution is 2.33. The van der Waals surface area contributed by atoms with Gasteiger partial charge in [-0.3, -0.25) is 11.3 Å². The van der Waals surface area contributed by atoms with Gasteiger partial charge in [0.05, 0.1) is 17.0 Å². The summed E-state index contributed by atoms with van der Waals surface area (Å²) in [6.45, 7) is 1.66. The number of hydrogen-bond acceptors (Lipinski definition) is 4. The highest BCUT2D eigenvalue weighted by atomic mass is 35.5. The number of nitrogens with one attached hydrogen (secondary N) is 1. The van der Waals surface area contributed by atoms with E-state index in [2.05, 4.69) is 5.43 Å². The molecule has 1 fully saturated rings. The molecule has 1 aliphatic heterocycles. The van der Waals surface area contributed by atoms with E-state index in [9.17, 15) is 0 Å². The predicted molar refractivity (Wildman–Crippen MR) is 62.9 cm³/mol. The molecule has 0 saturated carbocycles. The molecule has 1 saturated heterocycles. The Labute approximate surface area is 98.5 Å². The fourth-order valence-corrected chi connectivity index (χ4v) is 3.19. The van der Waals surface area contributed by atoms with Crippen molar-refractivity contribution in [3.8, 4) is 0 Å². The summed E-state index contributed by atoms with van der Waals surface area (Å²) in [7, 11) is 0. The van der Waals surface area contributed by atoms with Crippen LogP contribution in [0.5, 0.6) is 0 Å². The first-order valence-electron chi connectivity index (χ1n) is 5.10. The van der Waals surface area contributed by atoms with E-state index in [0.717, 1.165) is 30.4 Å². The standard InChI is InChI=1S/C10H15ClN2OS/c11-9-4-3-8(15-9)10(13-12)7-2-1-5-14-6-7/h3-4,7,10,13H,1-2,5-6,12H2.